The highest BCUT2D eigenvalue weighted by Crippen LogP contribution is 2.26. The van der Waals surface area contributed by atoms with Crippen LogP contribution in [0.15, 0.2) is 12.7 Å². The number of nitrogens with zero attached hydrogens (tertiary/aromatic N) is 1. The lowest BCUT2D eigenvalue weighted by atomic mass is 9.94. The summed E-state index contributed by atoms with van der Waals surface area (Å²) >= 11 is 0. The second-order valence-electron chi connectivity index (χ2n) is 4.28. The molecule has 3 unspecified atom stereocenters. The highest BCUT2D eigenvalue weighted by Gasteiger charge is 2.33. The quantitative estimate of drug-likeness (QED) is 0.517. The molecule has 0 saturated carbocycles. The first-order valence-electron chi connectivity index (χ1n) is 5.47. The van der Waals surface area contributed by atoms with Crippen LogP contribution >= 0.6 is 0 Å². The van der Waals surface area contributed by atoms with E-state index < -0.39 is 0 Å². The van der Waals surface area contributed by atoms with Gasteiger partial charge in [0.05, 0.1) is 0 Å². The van der Waals surface area contributed by atoms with E-state index >= 15 is 0 Å². The van der Waals surface area contributed by atoms with Crippen LogP contribution in [0.25, 0.3) is 0 Å². The molecule has 3 atom stereocenters. The number of hydrogen-bond donors (Lipinski definition) is 1. The monoisotopic (exact) mass is 180 g/mol. The molecule has 0 aliphatic carbocycles. The Hall–Kier alpha value is -0.340. The highest BCUT2D eigenvalue weighted by atomic mass is 15.2. The number of fused-ring (bicyclic) bond motifs is 2. The lowest BCUT2D eigenvalue weighted by Gasteiger charge is -2.31. The maximum absolute atomic E-state index is 3.74. The molecule has 2 nitrogen and oxygen atoms in total. The standard InChI is InChI=1S/C11H20N2/c1-2-3-6-12-11-5-8-13-7-4-10(11)9-13/h2,10-12H,1,3-9H2. The molecule has 0 radical (unpaired) electrons. The van der Waals surface area contributed by atoms with Gasteiger partial charge >= 0.3 is 0 Å². The Bertz CT molecular complexity index is 179. The van der Waals surface area contributed by atoms with Crippen LogP contribution in [-0.2, 0) is 0 Å². The van der Waals surface area contributed by atoms with Crippen LogP contribution in [0, 0.1) is 5.92 Å². The van der Waals surface area contributed by atoms with Crippen molar-refractivity contribution in [3.8, 4) is 0 Å². The van der Waals surface area contributed by atoms with E-state index in [9.17, 15) is 0 Å². The molecule has 0 aromatic heterocycles. The van der Waals surface area contributed by atoms with Crippen molar-refractivity contribution in [3.63, 3.8) is 0 Å². The third-order valence-electron chi connectivity index (χ3n) is 3.39. The van der Waals surface area contributed by atoms with Crippen LogP contribution in [0.1, 0.15) is 19.3 Å². The first-order chi connectivity index (χ1) is 6.40. The summed E-state index contributed by atoms with van der Waals surface area (Å²) in [4.78, 5) is 2.59. The molecule has 13 heavy (non-hydrogen) atoms. The Morgan fingerprint density at radius 2 is 2.23 bits per heavy atom. The second kappa shape index (κ2) is 4.25. The Morgan fingerprint density at radius 1 is 1.38 bits per heavy atom. The summed E-state index contributed by atoms with van der Waals surface area (Å²) in [5.41, 5.74) is 0. The van der Waals surface area contributed by atoms with Crippen LogP contribution in [0.4, 0.5) is 0 Å². The van der Waals surface area contributed by atoms with Crippen LogP contribution in [-0.4, -0.2) is 37.1 Å². The number of piperidine rings is 1. The molecule has 2 aliphatic heterocycles. The van der Waals surface area contributed by atoms with Crippen molar-refractivity contribution in [3.05, 3.63) is 12.7 Å². The van der Waals surface area contributed by atoms with Crippen molar-refractivity contribution in [2.24, 2.45) is 5.92 Å². The largest absolute Gasteiger partial charge is 0.313 e. The van der Waals surface area contributed by atoms with Gasteiger partial charge in [-0.25, -0.2) is 0 Å². The minimum atomic E-state index is 0.790. The second-order valence-corrected chi connectivity index (χ2v) is 4.28. The Labute approximate surface area is 81.0 Å². The minimum Gasteiger partial charge on any atom is -0.313 e. The smallest absolute Gasteiger partial charge is 0.0120 e. The zero-order valence-electron chi connectivity index (χ0n) is 8.34. The van der Waals surface area contributed by atoms with Gasteiger partial charge in [-0.2, -0.15) is 0 Å². The van der Waals surface area contributed by atoms with Gasteiger partial charge in [0.25, 0.3) is 0 Å². The summed E-state index contributed by atoms with van der Waals surface area (Å²) in [5.74, 6) is 0.929. The van der Waals surface area contributed by atoms with E-state index in [-0.39, 0.29) is 0 Å². The van der Waals surface area contributed by atoms with Crippen molar-refractivity contribution < 1.29 is 0 Å². The van der Waals surface area contributed by atoms with Gasteiger partial charge in [-0.05, 0) is 44.8 Å². The number of rotatable bonds is 4. The minimum absolute atomic E-state index is 0.790. The van der Waals surface area contributed by atoms with Crippen LogP contribution in [0.5, 0.6) is 0 Å². The highest BCUT2D eigenvalue weighted by molar-refractivity contribution is 4.90. The maximum Gasteiger partial charge on any atom is 0.0120 e. The molecule has 2 rings (SSSR count). The Balaban J connectivity index is 1.75. The van der Waals surface area contributed by atoms with Gasteiger partial charge in [0.2, 0.25) is 0 Å². The van der Waals surface area contributed by atoms with Gasteiger partial charge in [-0.1, -0.05) is 6.08 Å². The lowest BCUT2D eigenvalue weighted by molar-refractivity contribution is 0.222. The summed E-state index contributed by atoms with van der Waals surface area (Å²) in [6.07, 6.45) is 5.86. The molecule has 1 N–H and O–H groups in total. The van der Waals surface area contributed by atoms with E-state index in [1.807, 2.05) is 6.08 Å². The molecule has 74 valence electrons. The van der Waals surface area contributed by atoms with Gasteiger partial charge in [-0.3, -0.25) is 0 Å². The molecule has 2 saturated heterocycles. The fourth-order valence-electron chi connectivity index (χ4n) is 2.59. The fourth-order valence-corrected chi connectivity index (χ4v) is 2.59. The molecule has 2 heterocycles. The number of nitrogens with one attached hydrogen (secondary N) is 1. The van der Waals surface area contributed by atoms with Crippen LogP contribution in [0.3, 0.4) is 0 Å². The zero-order valence-corrected chi connectivity index (χ0v) is 8.34. The third kappa shape index (κ3) is 2.12. The summed E-state index contributed by atoms with van der Waals surface area (Å²) in [6, 6.07) is 0.790. The molecule has 2 fully saturated rings. The lowest BCUT2D eigenvalue weighted by Crippen LogP contribution is -2.44. The van der Waals surface area contributed by atoms with Crippen molar-refractivity contribution in [2.45, 2.75) is 25.3 Å². The number of hydrogen-bond acceptors (Lipinski definition) is 2. The van der Waals surface area contributed by atoms with Crippen LogP contribution < -0.4 is 5.32 Å². The molecule has 2 heteroatoms. The molecule has 2 bridgehead atoms. The summed E-state index contributed by atoms with van der Waals surface area (Å²) in [6.45, 7) is 8.84. The summed E-state index contributed by atoms with van der Waals surface area (Å²) in [5, 5.41) is 3.65. The summed E-state index contributed by atoms with van der Waals surface area (Å²) < 4.78 is 0. The summed E-state index contributed by atoms with van der Waals surface area (Å²) in [7, 11) is 0. The average molecular weight is 180 g/mol. The topological polar surface area (TPSA) is 15.3 Å². The van der Waals surface area contributed by atoms with E-state index in [0.717, 1.165) is 24.9 Å². The van der Waals surface area contributed by atoms with Crippen molar-refractivity contribution >= 4 is 0 Å². The SMILES string of the molecule is C=CCCNC1CCN2CCC1C2. The van der Waals surface area contributed by atoms with Crippen molar-refractivity contribution in [1.29, 1.82) is 0 Å². The molecule has 0 amide bonds. The van der Waals surface area contributed by atoms with E-state index in [0.29, 0.717) is 0 Å². The van der Waals surface area contributed by atoms with Crippen LogP contribution in [0.2, 0.25) is 0 Å². The Kier molecular flexibility index (Phi) is 3.01. The normalized spacial score (nSPS) is 37.7. The van der Waals surface area contributed by atoms with Gasteiger partial charge in [0, 0.05) is 12.6 Å². The van der Waals surface area contributed by atoms with E-state index in [4.69, 9.17) is 0 Å². The predicted octanol–water partition coefficient (Wildman–Crippen LogP) is 1.25. The molecule has 0 aromatic carbocycles. The first-order valence-corrected chi connectivity index (χ1v) is 5.47. The molecular weight excluding hydrogens is 160 g/mol. The molecule has 0 aromatic rings. The van der Waals surface area contributed by atoms with Crippen molar-refractivity contribution in [2.75, 3.05) is 26.2 Å². The fraction of sp³-hybridized carbons (Fsp3) is 0.818. The van der Waals surface area contributed by atoms with E-state index in [2.05, 4.69) is 16.8 Å². The van der Waals surface area contributed by atoms with E-state index in [1.165, 1.54) is 32.5 Å². The zero-order chi connectivity index (χ0) is 9.10. The Morgan fingerprint density at radius 3 is 3.08 bits per heavy atom. The van der Waals surface area contributed by atoms with Crippen molar-refractivity contribution in [1.82, 2.24) is 10.2 Å². The molecule has 0 spiro atoms. The first kappa shape index (κ1) is 9.22. The molecule has 2 aliphatic rings. The van der Waals surface area contributed by atoms with Gasteiger partial charge in [0.15, 0.2) is 0 Å². The maximum atomic E-state index is 3.74. The van der Waals surface area contributed by atoms with E-state index in [1.54, 1.807) is 0 Å². The predicted molar refractivity (Wildman–Crippen MR) is 55.8 cm³/mol. The third-order valence-corrected chi connectivity index (χ3v) is 3.39. The van der Waals surface area contributed by atoms with Gasteiger partial charge < -0.3 is 10.2 Å². The van der Waals surface area contributed by atoms with Gasteiger partial charge in [0.1, 0.15) is 0 Å². The average Bonchev–Trinajstić information content (AvgIpc) is 2.53. The molecular formula is C11H20N2. The van der Waals surface area contributed by atoms with Gasteiger partial charge in [-0.15, -0.1) is 6.58 Å².